The van der Waals surface area contributed by atoms with Gasteiger partial charge in [-0.2, -0.15) is 0 Å². The minimum atomic E-state index is -0.408. The number of phenols is 2. The van der Waals surface area contributed by atoms with E-state index in [-0.39, 0.29) is 36.2 Å². The van der Waals surface area contributed by atoms with Crippen molar-refractivity contribution < 1.29 is 19.7 Å². The molecule has 2 aliphatic heterocycles. The number of carbonyl (C=O) groups excluding carboxylic acids is 1. The first-order valence-corrected chi connectivity index (χ1v) is 12.8. The average molecular weight is 536 g/mol. The number of methoxy groups -OCH3 is 1. The van der Waals surface area contributed by atoms with Gasteiger partial charge in [0.1, 0.15) is 11.9 Å². The number of hydrogen-bond donors (Lipinski definition) is 5. The van der Waals surface area contributed by atoms with E-state index in [1.54, 1.807) is 13.2 Å². The highest BCUT2D eigenvalue weighted by Gasteiger charge is 2.40. The number of hydrazine groups is 1. The summed E-state index contributed by atoms with van der Waals surface area (Å²) in [5, 5.41) is 22.8. The van der Waals surface area contributed by atoms with Crippen LogP contribution >= 0.6 is 11.6 Å². The Hall–Kier alpha value is -3.79. The predicted octanol–water partition coefficient (Wildman–Crippen LogP) is 3.31. The molecule has 2 aliphatic rings. The van der Waals surface area contributed by atoms with Crippen LogP contribution in [-0.4, -0.2) is 53.9 Å². The molecule has 5 rings (SSSR count). The standard InChI is InChI=1S/C28H30ClN5O4/c1-16-32-33-28-22(15-26(37)30-12-11-17-3-10-24(35)25(36)13-17)31-27(18-4-6-19(29)7-5-18)21-14-20(38-2)8-9-23(21)34(16)28/h3-10,13-14,16,22,28,32-33,35-36H,11-12,15H2,1-2H3,(H,30,37)/t16?,22-,28?/m0/s1. The van der Waals surface area contributed by atoms with Crippen molar-refractivity contribution in [3.8, 4) is 17.2 Å². The van der Waals surface area contributed by atoms with E-state index in [4.69, 9.17) is 21.3 Å². The number of aromatic hydroxyl groups is 2. The minimum Gasteiger partial charge on any atom is -0.504 e. The first kappa shape index (κ1) is 25.8. The Balaban J connectivity index is 1.43. The van der Waals surface area contributed by atoms with Crippen LogP contribution in [0.25, 0.3) is 0 Å². The van der Waals surface area contributed by atoms with E-state index in [9.17, 15) is 15.0 Å². The lowest BCUT2D eigenvalue weighted by molar-refractivity contribution is -0.121. The first-order valence-electron chi connectivity index (χ1n) is 12.4. The molecular weight excluding hydrogens is 506 g/mol. The lowest BCUT2D eigenvalue weighted by atomic mass is 9.99. The van der Waals surface area contributed by atoms with Crippen LogP contribution in [0.3, 0.4) is 0 Å². The molecule has 10 heteroatoms. The SMILES string of the molecule is COc1ccc2c(c1)C(c1ccc(Cl)cc1)=N[C@@H](CC(=O)NCCc1ccc(O)c(O)c1)C1NNC(C)N21. The van der Waals surface area contributed by atoms with Gasteiger partial charge in [-0.3, -0.25) is 9.79 Å². The van der Waals surface area contributed by atoms with Gasteiger partial charge in [-0.1, -0.05) is 29.8 Å². The number of amides is 1. The topological polar surface area (TPSA) is 118 Å². The molecule has 0 spiro atoms. The largest absolute Gasteiger partial charge is 0.504 e. The fourth-order valence-corrected chi connectivity index (χ4v) is 5.04. The maximum Gasteiger partial charge on any atom is 0.222 e. The molecule has 1 fully saturated rings. The zero-order valence-electron chi connectivity index (χ0n) is 21.1. The summed E-state index contributed by atoms with van der Waals surface area (Å²) in [4.78, 5) is 20.4. The molecule has 38 heavy (non-hydrogen) atoms. The van der Waals surface area contributed by atoms with Crippen LogP contribution in [0, 0.1) is 0 Å². The molecule has 9 nitrogen and oxygen atoms in total. The third-order valence-corrected chi connectivity index (χ3v) is 7.09. The highest BCUT2D eigenvalue weighted by Crippen LogP contribution is 2.36. The van der Waals surface area contributed by atoms with Gasteiger partial charge in [0.05, 0.1) is 31.4 Å². The van der Waals surface area contributed by atoms with Crippen molar-refractivity contribution in [2.24, 2.45) is 4.99 Å². The monoisotopic (exact) mass is 535 g/mol. The van der Waals surface area contributed by atoms with Gasteiger partial charge in [0, 0.05) is 28.4 Å². The van der Waals surface area contributed by atoms with E-state index in [2.05, 4.69) is 28.0 Å². The quantitative estimate of drug-likeness (QED) is 0.294. The van der Waals surface area contributed by atoms with Gasteiger partial charge in [-0.05, 0) is 61.4 Å². The molecule has 1 saturated heterocycles. The van der Waals surface area contributed by atoms with Gasteiger partial charge >= 0.3 is 0 Å². The summed E-state index contributed by atoms with van der Waals surface area (Å²) in [6.07, 6.45) is 0.369. The summed E-state index contributed by atoms with van der Waals surface area (Å²) in [6, 6.07) is 17.7. The second-order valence-corrected chi connectivity index (χ2v) is 9.82. The van der Waals surface area contributed by atoms with E-state index >= 15 is 0 Å². The van der Waals surface area contributed by atoms with E-state index in [0.29, 0.717) is 23.7 Å². The average Bonchev–Trinajstić information content (AvgIpc) is 3.23. The Labute approximate surface area is 226 Å². The minimum absolute atomic E-state index is 0.0420. The Kier molecular flexibility index (Phi) is 7.42. The van der Waals surface area contributed by atoms with Gasteiger partial charge in [-0.15, -0.1) is 0 Å². The number of anilines is 1. The van der Waals surface area contributed by atoms with Crippen molar-refractivity contribution >= 4 is 28.9 Å². The normalized spacial score (nSPS) is 20.2. The zero-order chi connectivity index (χ0) is 26.8. The zero-order valence-corrected chi connectivity index (χ0v) is 21.9. The van der Waals surface area contributed by atoms with Gasteiger partial charge in [0.2, 0.25) is 5.91 Å². The Morgan fingerprint density at radius 3 is 2.61 bits per heavy atom. The third kappa shape index (κ3) is 5.26. The van der Waals surface area contributed by atoms with Crippen molar-refractivity contribution in [1.82, 2.24) is 16.2 Å². The summed E-state index contributed by atoms with van der Waals surface area (Å²) in [5.74, 6) is 0.227. The number of ether oxygens (including phenoxy) is 1. The molecule has 2 unspecified atom stereocenters. The molecule has 0 radical (unpaired) electrons. The fourth-order valence-electron chi connectivity index (χ4n) is 4.92. The van der Waals surface area contributed by atoms with E-state index in [1.807, 2.05) is 42.5 Å². The molecule has 2 heterocycles. The third-order valence-electron chi connectivity index (χ3n) is 6.84. The van der Waals surface area contributed by atoms with E-state index in [1.165, 1.54) is 12.1 Å². The van der Waals surface area contributed by atoms with E-state index < -0.39 is 6.04 Å². The highest BCUT2D eigenvalue weighted by molar-refractivity contribution is 6.30. The lowest BCUT2D eigenvalue weighted by Crippen LogP contribution is -2.47. The Morgan fingerprint density at radius 2 is 1.87 bits per heavy atom. The number of phenolic OH excluding ortho intramolecular Hbond substituents is 2. The van der Waals surface area contributed by atoms with Gasteiger partial charge < -0.3 is 25.2 Å². The molecule has 3 atom stereocenters. The number of aliphatic imine (C=N–C) groups is 1. The van der Waals surface area contributed by atoms with Crippen molar-refractivity contribution in [3.63, 3.8) is 0 Å². The summed E-state index contributed by atoms with van der Waals surface area (Å²) in [7, 11) is 1.63. The molecule has 0 aromatic heterocycles. The lowest BCUT2D eigenvalue weighted by Gasteiger charge is -2.31. The molecule has 3 aromatic carbocycles. The van der Waals surface area contributed by atoms with Gasteiger partial charge in [0.25, 0.3) is 0 Å². The highest BCUT2D eigenvalue weighted by atomic mass is 35.5. The Morgan fingerprint density at radius 1 is 1.08 bits per heavy atom. The number of fused-ring (bicyclic) bond motifs is 3. The van der Waals surface area contributed by atoms with Crippen LogP contribution in [0.4, 0.5) is 5.69 Å². The number of hydrogen-bond acceptors (Lipinski definition) is 8. The summed E-state index contributed by atoms with van der Waals surface area (Å²) < 4.78 is 5.53. The number of nitrogens with zero attached hydrogens (tertiary/aromatic N) is 2. The van der Waals surface area contributed by atoms with Crippen molar-refractivity contribution in [3.05, 3.63) is 82.4 Å². The van der Waals surface area contributed by atoms with Crippen molar-refractivity contribution in [2.75, 3.05) is 18.6 Å². The van der Waals surface area contributed by atoms with Crippen LogP contribution in [0.1, 0.15) is 30.0 Å². The number of carbonyl (C=O) groups is 1. The van der Waals surface area contributed by atoms with E-state index in [0.717, 1.165) is 28.1 Å². The fraction of sp³-hybridized carbons (Fsp3) is 0.286. The number of rotatable bonds is 7. The van der Waals surface area contributed by atoms with Crippen LogP contribution in [0.2, 0.25) is 5.02 Å². The molecule has 0 bridgehead atoms. The summed E-state index contributed by atoms with van der Waals surface area (Å²) in [6.45, 7) is 2.44. The first-order chi connectivity index (χ1) is 18.3. The smallest absolute Gasteiger partial charge is 0.222 e. The van der Waals surface area contributed by atoms with Crippen LogP contribution in [0.15, 0.2) is 65.7 Å². The molecule has 1 amide bonds. The molecule has 0 aliphatic carbocycles. The van der Waals surface area contributed by atoms with Crippen LogP contribution in [0.5, 0.6) is 17.2 Å². The number of halogens is 1. The molecule has 198 valence electrons. The number of nitrogens with one attached hydrogen (secondary N) is 3. The molecule has 5 N–H and O–H groups in total. The second-order valence-electron chi connectivity index (χ2n) is 9.38. The van der Waals surface area contributed by atoms with Crippen LogP contribution in [-0.2, 0) is 11.2 Å². The summed E-state index contributed by atoms with van der Waals surface area (Å²) >= 11 is 6.17. The number of benzene rings is 3. The van der Waals surface area contributed by atoms with Gasteiger partial charge in [0.15, 0.2) is 11.5 Å². The van der Waals surface area contributed by atoms with Crippen LogP contribution < -0.4 is 25.8 Å². The molecule has 3 aromatic rings. The maximum atomic E-state index is 13.1. The van der Waals surface area contributed by atoms with Crippen molar-refractivity contribution in [2.45, 2.75) is 38.1 Å². The maximum absolute atomic E-state index is 13.1. The van der Waals surface area contributed by atoms with Gasteiger partial charge in [-0.25, -0.2) is 10.9 Å². The molecule has 0 saturated carbocycles. The summed E-state index contributed by atoms with van der Waals surface area (Å²) in [5.41, 5.74) is 11.0. The Bertz CT molecular complexity index is 1360. The molecular formula is C28H30ClN5O4. The van der Waals surface area contributed by atoms with Crippen molar-refractivity contribution in [1.29, 1.82) is 0 Å². The second kappa shape index (κ2) is 10.9. The predicted molar refractivity (Wildman–Crippen MR) is 147 cm³/mol.